The molecule has 104 valence electrons. The highest BCUT2D eigenvalue weighted by atomic mass is 16.5. The summed E-state index contributed by atoms with van der Waals surface area (Å²) in [6, 6.07) is 5.84. The van der Waals surface area contributed by atoms with E-state index in [1.54, 1.807) is 0 Å². The lowest BCUT2D eigenvalue weighted by Gasteiger charge is -2.25. The number of carbonyl (C=O) groups excluding carboxylic acids is 1. The van der Waals surface area contributed by atoms with Gasteiger partial charge in [0, 0.05) is 12.5 Å². The van der Waals surface area contributed by atoms with Crippen molar-refractivity contribution in [3.63, 3.8) is 0 Å². The molecule has 0 saturated heterocycles. The normalized spacial score (nSPS) is 15.6. The van der Waals surface area contributed by atoms with Crippen LogP contribution in [0.25, 0.3) is 0 Å². The molecule has 0 aliphatic carbocycles. The van der Waals surface area contributed by atoms with Crippen LogP contribution in [0.15, 0.2) is 18.2 Å². The molecule has 0 aromatic heterocycles. The molecule has 4 nitrogen and oxygen atoms in total. The van der Waals surface area contributed by atoms with E-state index in [1.165, 1.54) is 12.7 Å². The first-order chi connectivity index (χ1) is 8.94. The zero-order valence-electron chi connectivity index (χ0n) is 11.7. The Labute approximate surface area is 113 Å². The van der Waals surface area contributed by atoms with E-state index in [0.717, 1.165) is 24.3 Å². The molecule has 0 bridgehead atoms. The van der Waals surface area contributed by atoms with Crippen LogP contribution >= 0.6 is 0 Å². The fraction of sp³-hybridized carbons (Fsp3) is 0.533. The van der Waals surface area contributed by atoms with Crippen LogP contribution in [-0.4, -0.2) is 19.7 Å². The Kier molecular flexibility index (Phi) is 3.80. The summed E-state index contributed by atoms with van der Waals surface area (Å²) in [4.78, 5) is 11.7. The van der Waals surface area contributed by atoms with Crippen LogP contribution in [0.5, 0.6) is 5.75 Å². The molecule has 19 heavy (non-hydrogen) atoms. The van der Waals surface area contributed by atoms with Crippen LogP contribution in [0, 0.1) is 5.41 Å². The summed E-state index contributed by atoms with van der Waals surface area (Å²) in [6.45, 7) is 4.45. The number of fused-ring (bicyclic) bond motifs is 1. The molecular formula is C15H21NO3. The van der Waals surface area contributed by atoms with Crippen LogP contribution in [-0.2, 0) is 16.0 Å². The Hall–Kier alpha value is -1.55. The van der Waals surface area contributed by atoms with Gasteiger partial charge < -0.3 is 15.2 Å². The van der Waals surface area contributed by atoms with Gasteiger partial charge >= 0.3 is 5.97 Å². The minimum atomic E-state index is -0.580. The summed E-state index contributed by atoms with van der Waals surface area (Å²) >= 11 is 0. The molecule has 1 aromatic rings. The standard InChI is InChI=1S/C15H21NO3/c1-15(2,14(17)18-3)9-12(16)10-4-5-13-11(8-10)6-7-19-13/h4-5,8,12H,6-7,9,16H2,1-3H3. The minimum absolute atomic E-state index is 0.181. The number of nitrogens with two attached hydrogens (primary N) is 1. The maximum Gasteiger partial charge on any atom is 0.311 e. The number of hydrogen-bond acceptors (Lipinski definition) is 4. The average Bonchev–Trinajstić information content (AvgIpc) is 2.84. The van der Waals surface area contributed by atoms with E-state index in [-0.39, 0.29) is 12.0 Å². The number of ether oxygens (including phenoxy) is 2. The Morgan fingerprint density at radius 3 is 2.95 bits per heavy atom. The van der Waals surface area contributed by atoms with Crippen LogP contribution < -0.4 is 10.5 Å². The van der Waals surface area contributed by atoms with Gasteiger partial charge in [0.15, 0.2) is 0 Å². The van der Waals surface area contributed by atoms with Gasteiger partial charge in [0.05, 0.1) is 19.1 Å². The monoisotopic (exact) mass is 263 g/mol. The van der Waals surface area contributed by atoms with Gasteiger partial charge in [-0.15, -0.1) is 0 Å². The molecule has 1 aromatic carbocycles. The van der Waals surface area contributed by atoms with Crippen LogP contribution in [0.1, 0.15) is 37.4 Å². The third kappa shape index (κ3) is 2.89. The summed E-state index contributed by atoms with van der Waals surface area (Å²) < 4.78 is 10.3. The Balaban J connectivity index is 2.12. The molecule has 2 rings (SSSR count). The summed E-state index contributed by atoms with van der Waals surface area (Å²) in [5.74, 6) is 0.718. The maximum atomic E-state index is 11.7. The van der Waals surface area contributed by atoms with Gasteiger partial charge in [-0.3, -0.25) is 4.79 Å². The molecular weight excluding hydrogens is 242 g/mol. The Morgan fingerprint density at radius 2 is 2.26 bits per heavy atom. The van der Waals surface area contributed by atoms with Crippen LogP contribution in [0.4, 0.5) is 0 Å². The van der Waals surface area contributed by atoms with Crippen LogP contribution in [0.3, 0.4) is 0 Å². The van der Waals surface area contributed by atoms with Gasteiger partial charge in [-0.25, -0.2) is 0 Å². The largest absolute Gasteiger partial charge is 0.493 e. The number of benzene rings is 1. The second kappa shape index (κ2) is 5.21. The molecule has 2 N–H and O–H groups in total. The number of hydrogen-bond donors (Lipinski definition) is 1. The molecule has 0 radical (unpaired) electrons. The van der Waals surface area contributed by atoms with Gasteiger partial charge in [-0.05, 0) is 37.5 Å². The molecule has 1 heterocycles. The molecule has 1 aliphatic heterocycles. The molecule has 1 aliphatic rings. The number of rotatable bonds is 4. The molecule has 0 fully saturated rings. The number of esters is 1. The van der Waals surface area contributed by atoms with Crippen LogP contribution in [0.2, 0.25) is 0 Å². The van der Waals surface area contributed by atoms with E-state index in [2.05, 4.69) is 6.07 Å². The second-order valence-corrected chi connectivity index (χ2v) is 5.65. The molecule has 1 unspecified atom stereocenters. The predicted octanol–water partition coefficient (Wildman–Crippen LogP) is 2.21. The van der Waals surface area contributed by atoms with Gasteiger partial charge in [0.2, 0.25) is 0 Å². The number of methoxy groups -OCH3 is 1. The third-order valence-electron chi connectivity index (χ3n) is 3.61. The molecule has 0 spiro atoms. The minimum Gasteiger partial charge on any atom is -0.493 e. The Bertz CT molecular complexity index is 482. The van der Waals surface area contributed by atoms with Crippen molar-refractivity contribution >= 4 is 5.97 Å². The summed E-state index contributed by atoms with van der Waals surface area (Å²) in [7, 11) is 1.41. The average molecular weight is 263 g/mol. The Morgan fingerprint density at radius 1 is 1.53 bits per heavy atom. The highest BCUT2D eigenvalue weighted by Crippen LogP contribution is 2.33. The van der Waals surface area contributed by atoms with Gasteiger partial charge in [0.25, 0.3) is 0 Å². The lowest BCUT2D eigenvalue weighted by atomic mass is 9.83. The summed E-state index contributed by atoms with van der Waals surface area (Å²) in [5, 5.41) is 0. The first-order valence-corrected chi connectivity index (χ1v) is 6.53. The topological polar surface area (TPSA) is 61.5 Å². The smallest absolute Gasteiger partial charge is 0.311 e. The van der Waals surface area contributed by atoms with E-state index in [1.807, 2.05) is 26.0 Å². The lowest BCUT2D eigenvalue weighted by Crippen LogP contribution is -2.30. The van der Waals surface area contributed by atoms with Gasteiger partial charge in [-0.1, -0.05) is 12.1 Å². The van der Waals surface area contributed by atoms with Crippen molar-refractivity contribution in [3.8, 4) is 5.75 Å². The first-order valence-electron chi connectivity index (χ1n) is 6.53. The van der Waals surface area contributed by atoms with E-state index in [0.29, 0.717) is 6.42 Å². The van der Waals surface area contributed by atoms with Crippen molar-refractivity contribution in [2.45, 2.75) is 32.7 Å². The van der Waals surface area contributed by atoms with Crippen molar-refractivity contribution in [2.24, 2.45) is 11.1 Å². The molecule has 0 saturated carbocycles. The predicted molar refractivity (Wildman–Crippen MR) is 73.0 cm³/mol. The summed E-state index contributed by atoms with van der Waals surface area (Å²) in [6.07, 6.45) is 1.48. The van der Waals surface area contributed by atoms with Crippen molar-refractivity contribution in [1.82, 2.24) is 0 Å². The van der Waals surface area contributed by atoms with Crippen molar-refractivity contribution < 1.29 is 14.3 Å². The SMILES string of the molecule is COC(=O)C(C)(C)CC(N)c1ccc2c(c1)CCO2. The maximum absolute atomic E-state index is 11.7. The van der Waals surface area contributed by atoms with E-state index >= 15 is 0 Å². The van der Waals surface area contributed by atoms with Crippen molar-refractivity contribution in [3.05, 3.63) is 29.3 Å². The van der Waals surface area contributed by atoms with Gasteiger partial charge in [0.1, 0.15) is 5.75 Å². The van der Waals surface area contributed by atoms with Crippen molar-refractivity contribution in [1.29, 1.82) is 0 Å². The third-order valence-corrected chi connectivity index (χ3v) is 3.61. The molecule has 1 atom stereocenters. The van der Waals surface area contributed by atoms with E-state index in [9.17, 15) is 4.79 Å². The first kappa shape index (κ1) is 13.9. The van der Waals surface area contributed by atoms with E-state index < -0.39 is 5.41 Å². The fourth-order valence-corrected chi connectivity index (χ4v) is 2.46. The highest BCUT2D eigenvalue weighted by Gasteiger charge is 2.31. The molecule has 0 amide bonds. The van der Waals surface area contributed by atoms with Crippen molar-refractivity contribution in [2.75, 3.05) is 13.7 Å². The second-order valence-electron chi connectivity index (χ2n) is 5.65. The highest BCUT2D eigenvalue weighted by molar-refractivity contribution is 5.75. The zero-order valence-corrected chi connectivity index (χ0v) is 11.7. The number of carbonyl (C=O) groups is 1. The quantitative estimate of drug-likeness (QED) is 0.846. The molecule has 4 heteroatoms. The fourth-order valence-electron chi connectivity index (χ4n) is 2.46. The van der Waals surface area contributed by atoms with E-state index in [4.69, 9.17) is 15.2 Å². The zero-order chi connectivity index (χ0) is 14.0. The van der Waals surface area contributed by atoms with Gasteiger partial charge in [-0.2, -0.15) is 0 Å². The lowest BCUT2D eigenvalue weighted by molar-refractivity contribution is -0.151. The summed E-state index contributed by atoms with van der Waals surface area (Å²) in [5.41, 5.74) is 7.88.